The normalized spacial score (nSPS) is 12.6. The maximum atomic E-state index is 11.5. The van der Waals surface area contributed by atoms with E-state index in [4.69, 9.17) is 4.99 Å². The fourth-order valence-electron chi connectivity index (χ4n) is 5.43. The SMILES string of the molecule is Cc1cc(S(=O)(=O)O)ccc1N=C1C=CC(=C(c2ccc(Nc3ccccc3C)cc2)c2ccc(Nc3ccccc3C)cc2)C=C1. The Labute approximate surface area is 276 Å². The molecule has 0 amide bonds. The van der Waals surface area contributed by atoms with Gasteiger partial charge in [0.15, 0.2) is 0 Å². The van der Waals surface area contributed by atoms with Crippen LogP contribution in [-0.2, 0) is 10.1 Å². The number of nitrogens with one attached hydrogen (secondary N) is 2. The zero-order valence-electron chi connectivity index (χ0n) is 26.4. The van der Waals surface area contributed by atoms with E-state index in [0.717, 1.165) is 50.7 Å². The van der Waals surface area contributed by atoms with E-state index < -0.39 is 10.1 Å². The molecule has 47 heavy (non-hydrogen) atoms. The van der Waals surface area contributed by atoms with Crippen LogP contribution in [0.3, 0.4) is 0 Å². The van der Waals surface area contributed by atoms with E-state index in [2.05, 4.69) is 109 Å². The van der Waals surface area contributed by atoms with Crippen molar-refractivity contribution in [2.24, 2.45) is 4.99 Å². The Balaban J connectivity index is 1.33. The number of allylic oxidation sites excluding steroid dienone is 5. The Hall–Kier alpha value is -5.50. The van der Waals surface area contributed by atoms with Crippen molar-refractivity contribution >= 4 is 49.8 Å². The zero-order chi connectivity index (χ0) is 33.0. The van der Waals surface area contributed by atoms with Crippen LogP contribution in [0.1, 0.15) is 27.8 Å². The highest BCUT2D eigenvalue weighted by Crippen LogP contribution is 2.33. The molecule has 0 aromatic heterocycles. The monoisotopic (exact) mass is 637 g/mol. The molecular formula is C40H35N3O3S. The summed E-state index contributed by atoms with van der Waals surface area (Å²) in [5, 5.41) is 7.05. The molecule has 0 bridgehead atoms. The number of hydrogen-bond acceptors (Lipinski definition) is 5. The van der Waals surface area contributed by atoms with Crippen LogP contribution in [-0.4, -0.2) is 18.7 Å². The third-order valence-electron chi connectivity index (χ3n) is 8.07. The second-order valence-corrected chi connectivity index (χ2v) is 12.9. The maximum Gasteiger partial charge on any atom is 0.294 e. The summed E-state index contributed by atoms with van der Waals surface area (Å²) >= 11 is 0. The summed E-state index contributed by atoms with van der Waals surface area (Å²) in [7, 11) is -4.28. The molecule has 0 aliphatic heterocycles. The first-order valence-corrected chi connectivity index (χ1v) is 16.7. The van der Waals surface area contributed by atoms with Gasteiger partial charge in [-0.25, -0.2) is 4.99 Å². The fourth-order valence-corrected chi connectivity index (χ4v) is 6.00. The van der Waals surface area contributed by atoms with Crippen molar-refractivity contribution in [3.8, 4) is 0 Å². The van der Waals surface area contributed by atoms with Crippen molar-refractivity contribution in [3.05, 3.63) is 173 Å². The van der Waals surface area contributed by atoms with Gasteiger partial charge < -0.3 is 10.6 Å². The Bertz CT molecular complexity index is 2070. The molecule has 5 aromatic rings. The highest BCUT2D eigenvalue weighted by Gasteiger charge is 2.14. The highest BCUT2D eigenvalue weighted by atomic mass is 32.2. The second kappa shape index (κ2) is 13.5. The topological polar surface area (TPSA) is 90.8 Å². The number of aliphatic imine (C=N–C) groups is 1. The van der Waals surface area contributed by atoms with Gasteiger partial charge in [0.25, 0.3) is 10.1 Å². The predicted molar refractivity (Wildman–Crippen MR) is 194 cm³/mol. The molecule has 7 heteroatoms. The van der Waals surface area contributed by atoms with Crippen LogP contribution in [0, 0.1) is 20.8 Å². The molecule has 5 aromatic carbocycles. The van der Waals surface area contributed by atoms with Crippen LogP contribution >= 0.6 is 0 Å². The molecule has 3 N–H and O–H groups in total. The highest BCUT2D eigenvalue weighted by molar-refractivity contribution is 7.85. The minimum absolute atomic E-state index is 0.149. The molecule has 0 heterocycles. The van der Waals surface area contributed by atoms with Gasteiger partial charge in [-0.3, -0.25) is 4.55 Å². The molecule has 6 rings (SSSR count). The van der Waals surface area contributed by atoms with E-state index in [9.17, 15) is 13.0 Å². The number of rotatable bonds is 8. The molecule has 0 atom stereocenters. The molecular weight excluding hydrogens is 603 g/mol. The van der Waals surface area contributed by atoms with Gasteiger partial charge in [0.05, 0.1) is 16.3 Å². The Kier molecular flexibility index (Phi) is 9.02. The Morgan fingerprint density at radius 2 is 1.09 bits per heavy atom. The fraction of sp³-hybridized carbons (Fsp3) is 0.0750. The summed E-state index contributed by atoms with van der Waals surface area (Å²) in [6, 6.07) is 37.7. The zero-order valence-corrected chi connectivity index (χ0v) is 27.2. The first kappa shape index (κ1) is 31.5. The number of anilines is 4. The summed E-state index contributed by atoms with van der Waals surface area (Å²) < 4.78 is 32.4. The van der Waals surface area contributed by atoms with Crippen molar-refractivity contribution in [1.29, 1.82) is 0 Å². The quantitative estimate of drug-likeness (QED) is 0.147. The first-order valence-electron chi connectivity index (χ1n) is 15.3. The minimum atomic E-state index is -4.28. The van der Waals surface area contributed by atoms with Crippen LogP contribution in [0.2, 0.25) is 0 Å². The van der Waals surface area contributed by atoms with Gasteiger partial charge in [-0.15, -0.1) is 0 Å². The van der Waals surface area contributed by atoms with Crippen molar-refractivity contribution < 1.29 is 13.0 Å². The summed E-state index contributed by atoms with van der Waals surface area (Å²) in [5.74, 6) is 0. The molecule has 6 nitrogen and oxygen atoms in total. The van der Waals surface area contributed by atoms with Crippen LogP contribution in [0.25, 0.3) is 5.57 Å². The third-order valence-corrected chi connectivity index (χ3v) is 8.92. The van der Waals surface area contributed by atoms with Crippen molar-refractivity contribution in [2.45, 2.75) is 25.7 Å². The molecule has 0 fully saturated rings. The lowest BCUT2D eigenvalue weighted by atomic mass is 9.90. The average molecular weight is 638 g/mol. The van der Waals surface area contributed by atoms with E-state index >= 15 is 0 Å². The lowest BCUT2D eigenvalue weighted by molar-refractivity contribution is 0.483. The van der Waals surface area contributed by atoms with Gasteiger partial charge in [0.2, 0.25) is 0 Å². The van der Waals surface area contributed by atoms with Crippen LogP contribution in [0.5, 0.6) is 0 Å². The molecule has 1 aliphatic rings. The van der Waals surface area contributed by atoms with Crippen LogP contribution < -0.4 is 10.6 Å². The van der Waals surface area contributed by atoms with Gasteiger partial charge in [0.1, 0.15) is 0 Å². The molecule has 0 spiro atoms. The van der Waals surface area contributed by atoms with E-state index in [0.29, 0.717) is 11.3 Å². The molecule has 0 radical (unpaired) electrons. The number of para-hydroxylation sites is 2. The summed E-state index contributed by atoms with van der Waals surface area (Å²) in [4.78, 5) is 4.58. The van der Waals surface area contributed by atoms with E-state index in [1.54, 1.807) is 13.0 Å². The molecule has 0 saturated heterocycles. The van der Waals surface area contributed by atoms with Gasteiger partial charge in [-0.1, -0.05) is 72.8 Å². The number of aryl methyl sites for hydroxylation is 3. The van der Waals surface area contributed by atoms with E-state index in [1.165, 1.54) is 23.3 Å². The van der Waals surface area contributed by atoms with E-state index in [1.807, 2.05) is 36.4 Å². The van der Waals surface area contributed by atoms with Gasteiger partial charge >= 0.3 is 0 Å². The molecule has 0 saturated carbocycles. The second-order valence-electron chi connectivity index (χ2n) is 11.5. The van der Waals surface area contributed by atoms with Crippen LogP contribution in [0.15, 0.2) is 155 Å². The lowest BCUT2D eigenvalue weighted by Gasteiger charge is -2.16. The van der Waals surface area contributed by atoms with Crippen LogP contribution in [0.4, 0.5) is 28.4 Å². The largest absolute Gasteiger partial charge is 0.355 e. The number of hydrogen-bond donors (Lipinski definition) is 3. The predicted octanol–water partition coefficient (Wildman–Crippen LogP) is 10.0. The summed E-state index contributed by atoms with van der Waals surface area (Å²) in [5.41, 5.74) is 12.8. The third kappa shape index (κ3) is 7.49. The van der Waals surface area contributed by atoms with Crippen molar-refractivity contribution in [1.82, 2.24) is 0 Å². The minimum Gasteiger partial charge on any atom is -0.355 e. The number of benzene rings is 5. The Morgan fingerprint density at radius 3 is 1.53 bits per heavy atom. The number of nitrogens with zero attached hydrogens (tertiary/aromatic N) is 1. The molecule has 0 unspecified atom stereocenters. The Morgan fingerprint density at radius 1 is 0.596 bits per heavy atom. The average Bonchev–Trinajstić information content (AvgIpc) is 3.06. The molecule has 1 aliphatic carbocycles. The first-order chi connectivity index (χ1) is 22.6. The van der Waals surface area contributed by atoms with Gasteiger partial charge in [-0.05, 0) is 126 Å². The smallest absolute Gasteiger partial charge is 0.294 e. The lowest BCUT2D eigenvalue weighted by Crippen LogP contribution is -2.00. The maximum absolute atomic E-state index is 11.5. The van der Waals surface area contributed by atoms with Crippen molar-refractivity contribution in [2.75, 3.05) is 10.6 Å². The van der Waals surface area contributed by atoms with Crippen molar-refractivity contribution in [3.63, 3.8) is 0 Å². The standard InChI is InChI=1S/C40H35N3O3S/c1-27-8-4-6-10-37(27)41-33-18-12-30(13-19-33)40(31-14-20-34(21-15-31)42-38-11-7-5-9-28(38)2)32-16-22-35(23-17-32)43-39-25-24-36(26-29(39)3)47(44,45)46/h4-26,41-42H,1-3H3,(H,44,45,46). The summed E-state index contributed by atoms with van der Waals surface area (Å²) in [6.07, 6.45) is 8.01. The molecule has 234 valence electrons. The van der Waals surface area contributed by atoms with Gasteiger partial charge in [-0.2, -0.15) is 8.42 Å². The summed E-state index contributed by atoms with van der Waals surface area (Å²) in [6.45, 7) is 5.95. The van der Waals surface area contributed by atoms with Gasteiger partial charge in [0, 0.05) is 22.7 Å². The van der Waals surface area contributed by atoms with E-state index in [-0.39, 0.29) is 4.90 Å².